The van der Waals surface area contributed by atoms with Gasteiger partial charge in [-0.15, -0.1) is 0 Å². The summed E-state index contributed by atoms with van der Waals surface area (Å²) in [4.78, 5) is 8.56. The van der Waals surface area contributed by atoms with E-state index in [-0.39, 0.29) is 0 Å². The molecule has 0 unspecified atom stereocenters. The number of nitrogen functional groups attached to an aromatic ring is 1. The molecule has 0 aliphatic carbocycles. The van der Waals surface area contributed by atoms with Gasteiger partial charge in [0.05, 0.1) is 23.1 Å². The van der Waals surface area contributed by atoms with E-state index >= 15 is 0 Å². The van der Waals surface area contributed by atoms with Crippen molar-refractivity contribution in [3.8, 4) is 0 Å². The number of anilines is 2. The van der Waals surface area contributed by atoms with E-state index in [9.17, 15) is 0 Å². The number of rotatable bonds is 4. The molecule has 0 radical (unpaired) electrons. The molecule has 2 heterocycles. The Morgan fingerprint density at radius 2 is 2.25 bits per heavy atom. The maximum Gasteiger partial charge on any atom is 0.114 e. The highest BCUT2D eigenvalue weighted by Gasteiger charge is 2.06. The molecule has 0 spiro atoms. The van der Waals surface area contributed by atoms with E-state index in [2.05, 4.69) is 22.2 Å². The molecule has 16 heavy (non-hydrogen) atoms. The maximum atomic E-state index is 5.90. The first-order valence-electron chi connectivity index (χ1n) is 5.56. The van der Waals surface area contributed by atoms with E-state index in [1.165, 1.54) is 0 Å². The molecule has 4 heteroatoms. The Balaban J connectivity index is 2.37. The molecule has 3 N–H and O–H groups in total. The van der Waals surface area contributed by atoms with Crippen LogP contribution in [0.4, 0.5) is 11.4 Å². The first-order valence-corrected chi connectivity index (χ1v) is 5.56. The van der Waals surface area contributed by atoms with E-state index in [1.807, 2.05) is 12.1 Å². The van der Waals surface area contributed by atoms with Crippen LogP contribution in [0.1, 0.15) is 19.8 Å². The molecule has 84 valence electrons. The maximum absolute atomic E-state index is 5.90. The minimum Gasteiger partial charge on any atom is -0.396 e. The Kier molecular flexibility index (Phi) is 3.19. The van der Waals surface area contributed by atoms with Crippen molar-refractivity contribution in [3.05, 3.63) is 24.5 Å². The number of nitrogens with zero attached hydrogens (tertiary/aromatic N) is 2. The van der Waals surface area contributed by atoms with Crippen LogP contribution in [0.3, 0.4) is 0 Å². The predicted molar refractivity (Wildman–Crippen MR) is 67.3 cm³/mol. The molecule has 0 saturated heterocycles. The monoisotopic (exact) mass is 216 g/mol. The fourth-order valence-electron chi connectivity index (χ4n) is 1.61. The highest BCUT2D eigenvalue weighted by atomic mass is 14.9. The largest absolute Gasteiger partial charge is 0.396 e. The third kappa shape index (κ3) is 2.05. The zero-order chi connectivity index (χ0) is 11.4. The summed E-state index contributed by atoms with van der Waals surface area (Å²) in [6, 6.07) is 3.81. The van der Waals surface area contributed by atoms with Gasteiger partial charge in [-0.3, -0.25) is 9.97 Å². The van der Waals surface area contributed by atoms with E-state index in [0.29, 0.717) is 5.69 Å². The van der Waals surface area contributed by atoms with Crippen molar-refractivity contribution in [2.75, 3.05) is 17.6 Å². The van der Waals surface area contributed by atoms with Crippen LogP contribution >= 0.6 is 0 Å². The van der Waals surface area contributed by atoms with Gasteiger partial charge in [0.1, 0.15) is 5.52 Å². The van der Waals surface area contributed by atoms with Gasteiger partial charge in [-0.05, 0) is 18.6 Å². The summed E-state index contributed by atoms with van der Waals surface area (Å²) < 4.78 is 0. The minimum atomic E-state index is 0.655. The van der Waals surface area contributed by atoms with Crippen LogP contribution in [-0.4, -0.2) is 16.5 Å². The molecule has 2 aromatic heterocycles. The number of unbranched alkanes of at least 4 members (excludes halogenated alkanes) is 1. The van der Waals surface area contributed by atoms with Crippen LogP contribution in [0, 0.1) is 0 Å². The van der Waals surface area contributed by atoms with Gasteiger partial charge in [-0.25, -0.2) is 0 Å². The molecule has 0 aromatic carbocycles. The van der Waals surface area contributed by atoms with Crippen LogP contribution in [0.2, 0.25) is 0 Å². The Morgan fingerprint density at radius 1 is 1.38 bits per heavy atom. The number of aromatic nitrogens is 2. The second-order valence-corrected chi connectivity index (χ2v) is 3.74. The van der Waals surface area contributed by atoms with Crippen molar-refractivity contribution < 1.29 is 0 Å². The molecule has 4 nitrogen and oxygen atoms in total. The van der Waals surface area contributed by atoms with Gasteiger partial charge < -0.3 is 11.1 Å². The van der Waals surface area contributed by atoms with Gasteiger partial charge >= 0.3 is 0 Å². The second kappa shape index (κ2) is 4.79. The van der Waals surface area contributed by atoms with E-state index in [1.54, 1.807) is 12.4 Å². The van der Waals surface area contributed by atoms with Crippen LogP contribution < -0.4 is 11.1 Å². The molecule has 2 aromatic rings. The third-order valence-corrected chi connectivity index (χ3v) is 2.49. The molecular formula is C12H16N4. The summed E-state index contributed by atoms with van der Waals surface area (Å²) >= 11 is 0. The van der Waals surface area contributed by atoms with Crippen LogP contribution in [0.25, 0.3) is 11.0 Å². The first-order chi connectivity index (χ1) is 7.83. The Bertz CT molecular complexity index is 481. The van der Waals surface area contributed by atoms with Gasteiger partial charge in [-0.1, -0.05) is 13.3 Å². The van der Waals surface area contributed by atoms with Gasteiger partial charge in [0, 0.05) is 12.7 Å². The predicted octanol–water partition coefficient (Wildman–Crippen LogP) is 2.42. The Morgan fingerprint density at radius 3 is 3.06 bits per heavy atom. The van der Waals surface area contributed by atoms with Crippen molar-refractivity contribution in [1.29, 1.82) is 0 Å². The molecule has 0 saturated carbocycles. The Labute approximate surface area is 94.9 Å². The fourth-order valence-corrected chi connectivity index (χ4v) is 1.61. The fraction of sp³-hybridized carbons (Fsp3) is 0.333. The molecule has 0 fully saturated rings. The summed E-state index contributed by atoms with van der Waals surface area (Å²) in [5.74, 6) is 0. The van der Waals surface area contributed by atoms with Crippen molar-refractivity contribution in [1.82, 2.24) is 9.97 Å². The van der Waals surface area contributed by atoms with Crippen molar-refractivity contribution in [2.24, 2.45) is 0 Å². The molecule has 0 aliphatic heterocycles. The third-order valence-electron chi connectivity index (χ3n) is 2.49. The van der Waals surface area contributed by atoms with Gasteiger partial charge in [0.25, 0.3) is 0 Å². The lowest BCUT2D eigenvalue weighted by atomic mass is 10.2. The average molecular weight is 216 g/mol. The summed E-state index contributed by atoms with van der Waals surface area (Å²) in [5.41, 5.74) is 9.18. The average Bonchev–Trinajstić information content (AvgIpc) is 2.32. The first kappa shape index (κ1) is 10.7. The highest BCUT2D eigenvalue weighted by Crippen LogP contribution is 2.25. The van der Waals surface area contributed by atoms with Gasteiger partial charge in [0.15, 0.2) is 0 Å². The number of hydrogen-bond acceptors (Lipinski definition) is 4. The minimum absolute atomic E-state index is 0.655. The molecule has 0 atom stereocenters. The summed E-state index contributed by atoms with van der Waals surface area (Å²) in [6.07, 6.45) is 5.71. The van der Waals surface area contributed by atoms with Crippen LogP contribution in [-0.2, 0) is 0 Å². The van der Waals surface area contributed by atoms with Crippen molar-refractivity contribution in [2.45, 2.75) is 19.8 Å². The molecule has 0 amide bonds. The lowest BCUT2D eigenvalue weighted by Crippen LogP contribution is -2.05. The summed E-state index contributed by atoms with van der Waals surface area (Å²) in [5, 5.41) is 3.33. The molecule has 0 bridgehead atoms. The van der Waals surface area contributed by atoms with E-state index in [0.717, 1.165) is 36.1 Å². The topological polar surface area (TPSA) is 63.8 Å². The van der Waals surface area contributed by atoms with Gasteiger partial charge in [0.2, 0.25) is 0 Å². The standard InChI is InChI=1S/C12H16N4/c1-2-3-6-14-11-9(13)8-16-10-5-4-7-15-12(10)11/h4-5,7-8H,2-3,6,13H2,1H3,(H,14,16). The number of hydrogen-bond donors (Lipinski definition) is 2. The smallest absolute Gasteiger partial charge is 0.114 e. The van der Waals surface area contributed by atoms with Crippen molar-refractivity contribution in [3.63, 3.8) is 0 Å². The number of fused-ring (bicyclic) bond motifs is 1. The normalized spacial score (nSPS) is 10.6. The van der Waals surface area contributed by atoms with E-state index < -0.39 is 0 Å². The Hall–Kier alpha value is -1.84. The SMILES string of the molecule is CCCCNc1c(N)cnc2cccnc12. The molecule has 2 rings (SSSR count). The van der Waals surface area contributed by atoms with Crippen LogP contribution in [0.5, 0.6) is 0 Å². The zero-order valence-corrected chi connectivity index (χ0v) is 9.40. The van der Waals surface area contributed by atoms with Gasteiger partial charge in [-0.2, -0.15) is 0 Å². The summed E-state index contributed by atoms with van der Waals surface area (Å²) in [7, 11) is 0. The second-order valence-electron chi connectivity index (χ2n) is 3.74. The van der Waals surface area contributed by atoms with Crippen molar-refractivity contribution >= 4 is 22.4 Å². The molecular weight excluding hydrogens is 200 g/mol. The van der Waals surface area contributed by atoms with Crippen LogP contribution in [0.15, 0.2) is 24.5 Å². The van der Waals surface area contributed by atoms with E-state index in [4.69, 9.17) is 5.73 Å². The summed E-state index contributed by atoms with van der Waals surface area (Å²) in [6.45, 7) is 3.07. The lowest BCUT2D eigenvalue weighted by Gasteiger charge is -2.10. The number of nitrogens with one attached hydrogen (secondary N) is 1. The molecule has 0 aliphatic rings. The zero-order valence-electron chi connectivity index (χ0n) is 9.40. The lowest BCUT2D eigenvalue weighted by molar-refractivity contribution is 0.835. The quantitative estimate of drug-likeness (QED) is 0.770. The number of pyridine rings is 2. The highest BCUT2D eigenvalue weighted by molar-refractivity contribution is 5.93. The number of nitrogens with two attached hydrogens (primary N) is 1.